The third kappa shape index (κ3) is 1.45. The van der Waals surface area contributed by atoms with Crippen molar-refractivity contribution in [2.75, 3.05) is 0 Å². The van der Waals surface area contributed by atoms with Crippen LogP contribution in [-0.2, 0) is 0 Å². The minimum absolute atomic E-state index is 0.197. The quantitative estimate of drug-likeness (QED) is 0.756. The normalized spacial score (nSPS) is 10.0. The Balaban J connectivity index is 2.39. The van der Waals surface area contributed by atoms with E-state index in [0.29, 0.717) is 5.56 Å². The largest absolute Gasteiger partial charge is 0.475 e. The maximum absolute atomic E-state index is 10.5. The second kappa shape index (κ2) is 3.25. The van der Waals surface area contributed by atoms with Crippen molar-refractivity contribution in [1.29, 1.82) is 0 Å². The molecule has 6 nitrogen and oxygen atoms in total. The summed E-state index contributed by atoms with van der Waals surface area (Å²) in [6.45, 7) is 0. The Morgan fingerprint density at radius 3 is 2.79 bits per heavy atom. The maximum atomic E-state index is 10.5. The molecular weight excluding hydrogens is 186 g/mol. The van der Waals surface area contributed by atoms with Gasteiger partial charge in [-0.05, 0) is 6.07 Å². The van der Waals surface area contributed by atoms with Crippen LogP contribution in [0, 0.1) is 0 Å². The first-order valence-electron chi connectivity index (χ1n) is 3.73. The van der Waals surface area contributed by atoms with Gasteiger partial charge in [0.05, 0.1) is 24.2 Å². The molecule has 0 aliphatic carbocycles. The van der Waals surface area contributed by atoms with Gasteiger partial charge in [0.15, 0.2) is 0 Å². The molecule has 0 spiro atoms. The van der Waals surface area contributed by atoms with Crippen molar-refractivity contribution in [2.45, 2.75) is 0 Å². The van der Waals surface area contributed by atoms with Crippen molar-refractivity contribution in [2.24, 2.45) is 0 Å². The average molecular weight is 191 g/mol. The van der Waals surface area contributed by atoms with Crippen molar-refractivity contribution >= 4 is 5.97 Å². The molecule has 2 aromatic heterocycles. The molecule has 0 aliphatic heterocycles. The molecular formula is C8H5N3O3. The number of carbonyl (C=O) groups is 1. The summed E-state index contributed by atoms with van der Waals surface area (Å²) < 4.78 is 4.95. The SMILES string of the molecule is O=C(O)c1cnc(-c2ccnnc2)o1. The number of oxazole rings is 1. The highest BCUT2D eigenvalue weighted by atomic mass is 16.4. The summed E-state index contributed by atoms with van der Waals surface area (Å²) in [5, 5.41) is 15.8. The molecule has 0 amide bonds. The van der Waals surface area contributed by atoms with Crippen LogP contribution in [0.4, 0.5) is 0 Å². The number of aromatic carboxylic acids is 1. The smallest absolute Gasteiger partial charge is 0.373 e. The third-order valence-electron chi connectivity index (χ3n) is 1.55. The Bertz CT molecular complexity index is 452. The van der Waals surface area contributed by atoms with Crippen molar-refractivity contribution in [1.82, 2.24) is 15.2 Å². The highest BCUT2D eigenvalue weighted by molar-refractivity contribution is 5.84. The summed E-state index contributed by atoms with van der Waals surface area (Å²) in [5.41, 5.74) is 0.590. The summed E-state index contributed by atoms with van der Waals surface area (Å²) in [4.78, 5) is 14.3. The fraction of sp³-hybridized carbons (Fsp3) is 0. The number of nitrogens with zero attached hydrogens (tertiary/aromatic N) is 3. The van der Waals surface area contributed by atoms with Crippen molar-refractivity contribution in [3.63, 3.8) is 0 Å². The van der Waals surface area contributed by atoms with Gasteiger partial charge in [-0.3, -0.25) is 0 Å². The van der Waals surface area contributed by atoms with Crippen molar-refractivity contribution in [3.05, 3.63) is 30.4 Å². The zero-order valence-corrected chi connectivity index (χ0v) is 6.91. The first kappa shape index (κ1) is 8.36. The van der Waals surface area contributed by atoms with Crippen LogP contribution >= 0.6 is 0 Å². The number of aromatic nitrogens is 3. The zero-order valence-electron chi connectivity index (χ0n) is 6.91. The Labute approximate surface area is 78.2 Å². The van der Waals surface area contributed by atoms with Crippen molar-refractivity contribution < 1.29 is 14.3 Å². The van der Waals surface area contributed by atoms with Gasteiger partial charge in [-0.25, -0.2) is 9.78 Å². The van der Waals surface area contributed by atoms with Crippen LogP contribution in [0.1, 0.15) is 10.6 Å². The van der Waals surface area contributed by atoms with E-state index < -0.39 is 5.97 Å². The van der Waals surface area contributed by atoms with Gasteiger partial charge < -0.3 is 9.52 Å². The second-order valence-electron chi connectivity index (χ2n) is 2.47. The van der Waals surface area contributed by atoms with E-state index in [1.54, 1.807) is 6.07 Å². The molecule has 1 N–H and O–H groups in total. The lowest BCUT2D eigenvalue weighted by Gasteiger charge is -1.90. The minimum Gasteiger partial charge on any atom is -0.475 e. The topological polar surface area (TPSA) is 89.1 Å². The highest BCUT2D eigenvalue weighted by Gasteiger charge is 2.11. The predicted molar refractivity (Wildman–Crippen MR) is 44.5 cm³/mol. The van der Waals surface area contributed by atoms with Crippen LogP contribution in [0.25, 0.3) is 11.5 Å². The first-order chi connectivity index (χ1) is 6.77. The molecule has 0 fully saturated rings. The number of rotatable bonds is 2. The standard InChI is InChI=1S/C8H5N3O3/c12-8(13)6-4-9-7(14-6)5-1-2-10-11-3-5/h1-4H,(H,12,13). The predicted octanol–water partition coefficient (Wildman–Crippen LogP) is 0.830. The molecule has 0 saturated heterocycles. The van der Waals surface area contributed by atoms with Crippen LogP contribution in [0.2, 0.25) is 0 Å². The van der Waals surface area contributed by atoms with Gasteiger partial charge in [0, 0.05) is 0 Å². The van der Waals surface area contributed by atoms with Gasteiger partial charge in [-0.1, -0.05) is 0 Å². The maximum Gasteiger partial charge on any atom is 0.373 e. The third-order valence-corrected chi connectivity index (χ3v) is 1.55. The lowest BCUT2D eigenvalue weighted by atomic mass is 10.3. The highest BCUT2D eigenvalue weighted by Crippen LogP contribution is 2.16. The van der Waals surface area contributed by atoms with Gasteiger partial charge in [-0.2, -0.15) is 10.2 Å². The monoisotopic (exact) mass is 191 g/mol. The summed E-state index contributed by atoms with van der Waals surface area (Å²) >= 11 is 0. The molecule has 0 atom stereocenters. The molecule has 14 heavy (non-hydrogen) atoms. The molecule has 2 rings (SSSR count). The molecule has 2 aromatic rings. The lowest BCUT2D eigenvalue weighted by molar-refractivity contribution is 0.0663. The Morgan fingerprint density at radius 1 is 1.36 bits per heavy atom. The van der Waals surface area contributed by atoms with E-state index in [1.165, 1.54) is 12.4 Å². The molecule has 6 heteroatoms. The first-order valence-corrected chi connectivity index (χ1v) is 3.73. The van der Waals surface area contributed by atoms with E-state index in [4.69, 9.17) is 9.52 Å². The van der Waals surface area contributed by atoms with Crippen LogP contribution in [0.15, 0.2) is 29.1 Å². The minimum atomic E-state index is -1.15. The zero-order chi connectivity index (χ0) is 9.97. The van der Waals surface area contributed by atoms with E-state index in [2.05, 4.69) is 15.2 Å². The number of hydrogen-bond donors (Lipinski definition) is 1. The molecule has 0 aliphatic rings. The van der Waals surface area contributed by atoms with Crippen LogP contribution in [0.3, 0.4) is 0 Å². The number of hydrogen-bond acceptors (Lipinski definition) is 5. The molecule has 0 bridgehead atoms. The van der Waals surface area contributed by atoms with Gasteiger partial charge in [-0.15, -0.1) is 0 Å². The van der Waals surface area contributed by atoms with E-state index in [9.17, 15) is 4.79 Å². The second-order valence-corrected chi connectivity index (χ2v) is 2.47. The molecule has 2 heterocycles. The molecule has 0 radical (unpaired) electrons. The van der Waals surface area contributed by atoms with Gasteiger partial charge in [0.2, 0.25) is 11.7 Å². The Hall–Kier alpha value is -2.24. The Kier molecular flexibility index (Phi) is 1.94. The van der Waals surface area contributed by atoms with Gasteiger partial charge in [0.25, 0.3) is 0 Å². The fourth-order valence-electron chi connectivity index (χ4n) is 0.924. The molecule has 0 unspecified atom stereocenters. The van der Waals surface area contributed by atoms with Crippen LogP contribution in [0.5, 0.6) is 0 Å². The van der Waals surface area contributed by atoms with Gasteiger partial charge >= 0.3 is 5.97 Å². The van der Waals surface area contributed by atoms with Crippen LogP contribution in [-0.4, -0.2) is 26.3 Å². The van der Waals surface area contributed by atoms with E-state index >= 15 is 0 Å². The average Bonchev–Trinajstić information content (AvgIpc) is 2.68. The van der Waals surface area contributed by atoms with Crippen LogP contribution < -0.4 is 0 Å². The summed E-state index contributed by atoms with van der Waals surface area (Å²) in [5.74, 6) is -1.13. The fourth-order valence-corrected chi connectivity index (χ4v) is 0.924. The summed E-state index contributed by atoms with van der Waals surface area (Å²) in [7, 11) is 0. The Morgan fingerprint density at radius 2 is 2.21 bits per heavy atom. The van der Waals surface area contributed by atoms with Gasteiger partial charge in [0.1, 0.15) is 0 Å². The molecule has 70 valence electrons. The van der Waals surface area contributed by atoms with E-state index in [0.717, 1.165) is 6.20 Å². The number of carboxylic acid groups (broad SMARTS) is 1. The van der Waals surface area contributed by atoms with Crippen molar-refractivity contribution in [3.8, 4) is 11.5 Å². The number of carboxylic acids is 1. The molecule has 0 saturated carbocycles. The molecule has 0 aromatic carbocycles. The lowest BCUT2D eigenvalue weighted by Crippen LogP contribution is -1.91. The summed E-state index contributed by atoms with van der Waals surface area (Å²) in [6.07, 6.45) is 4.07. The van der Waals surface area contributed by atoms with E-state index in [1.807, 2.05) is 0 Å². The van der Waals surface area contributed by atoms with E-state index in [-0.39, 0.29) is 11.7 Å². The summed E-state index contributed by atoms with van der Waals surface area (Å²) in [6, 6.07) is 1.63.